The third kappa shape index (κ3) is 5.62. The molecular weight excluding hydrogens is 308 g/mol. The Kier molecular flexibility index (Phi) is 6.97. The number of carbonyl (C=O) groups is 1. The SMILES string of the molecule is CSCC(CCO)NC(=O)Nc1ccc(-c2ccccc2)cc1. The lowest BCUT2D eigenvalue weighted by Crippen LogP contribution is -2.40. The van der Waals surface area contributed by atoms with Gasteiger partial charge in [-0.1, -0.05) is 42.5 Å². The van der Waals surface area contributed by atoms with Crippen molar-refractivity contribution < 1.29 is 9.90 Å². The van der Waals surface area contributed by atoms with Crippen molar-refractivity contribution in [2.24, 2.45) is 0 Å². The number of urea groups is 1. The van der Waals surface area contributed by atoms with Crippen molar-refractivity contribution in [1.82, 2.24) is 5.32 Å². The van der Waals surface area contributed by atoms with Crippen LogP contribution in [0.15, 0.2) is 54.6 Å². The Balaban J connectivity index is 1.93. The van der Waals surface area contributed by atoms with Crippen LogP contribution in [0.3, 0.4) is 0 Å². The van der Waals surface area contributed by atoms with Crippen LogP contribution in [-0.4, -0.2) is 35.8 Å². The van der Waals surface area contributed by atoms with E-state index in [4.69, 9.17) is 5.11 Å². The maximum Gasteiger partial charge on any atom is 0.319 e. The topological polar surface area (TPSA) is 61.4 Å². The number of aliphatic hydroxyl groups is 1. The Bertz CT molecular complexity index is 596. The predicted molar refractivity (Wildman–Crippen MR) is 97.9 cm³/mol. The van der Waals surface area contributed by atoms with Crippen molar-refractivity contribution in [3.8, 4) is 11.1 Å². The molecule has 0 bridgehead atoms. The minimum absolute atomic E-state index is 0.0291. The van der Waals surface area contributed by atoms with Crippen molar-refractivity contribution in [2.75, 3.05) is 23.9 Å². The molecule has 2 rings (SSSR count). The molecule has 2 aromatic rings. The first-order valence-electron chi connectivity index (χ1n) is 7.55. The maximum atomic E-state index is 12.0. The van der Waals surface area contributed by atoms with Gasteiger partial charge in [-0.25, -0.2) is 4.79 Å². The van der Waals surface area contributed by atoms with Crippen molar-refractivity contribution in [3.63, 3.8) is 0 Å². The molecule has 0 radical (unpaired) electrons. The lowest BCUT2D eigenvalue weighted by molar-refractivity contribution is 0.241. The van der Waals surface area contributed by atoms with E-state index in [1.165, 1.54) is 0 Å². The molecule has 0 heterocycles. The molecule has 23 heavy (non-hydrogen) atoms. The molecule has 2 aromatic carbocycles. The molecule has 0 aliphatic carbocycles. The molecular formula is C18H22N2O2S. The van der Waals surface area contributed by atoms with Gasteiger partial charge in [-0.3, -0.25) is 0 Å². The summed E-state index contributed by atoms with van der Waals surface area (Å²) in [6.45, 7) is 0.0667. The van der Waals surface area contributed by atoms with Gasteiger partial charge >= 0.3 is 6.03 Å². The average molecular weight is 330 g/mol. The normalized spacial score (nSPS) is 11.7. The van der Waals surface area contributed by atoms with Gasteiger partial charge in [0.1, 0.15) is 0 Å². The number of hydrogen-bond acceptors (Lipinski definition) is 3. The first-order valence-corrected chi connectivity index (χ1v) is 8.95. The molecule has 1 atom stereocenters. The summed E-state index contributed by atoms with van der Waals surface area (Å²) in [5.74, 6) is 0.779. The number of hydrogen-bond donors (Lipinski definition) is 3. The molecule has 5 heteroatoms. The molecule has 4 nitrogen and oxygen atoms in total. The highest BCUT2D eigenvalue weighted by molar-refractivity contribution is 7.98. The van der Waals surface area contributed by atoms with Gasteiger partial charge in [0.15, 0.2) is 0 Å². The van der Waals surface area contributed by atoms with Crippen LogP contribution in [0.4, 0.5) is 10.5 Å². The minimum Gasteiger partial charge on any atom is -0.396 e. The smallest absolute Gasteiger partial charge is 0.319 e. The Morgan fingerprint density at radius 3 is 2.35 bits per heavy atom. The van der Waals surface area contributed by atoms with Gasteiger partial charge in [-0.2, -0.15) is 11.8 Å². The van der Waals surface area contributed by atoms with Crippen molar-refractivity contribution in [1.29, 1.82) is 0 Å². The van der Waals surface area contributed by atoms with Gasteiger partial charge in [0, 0.05) is 24.1 Å². The fourth-order valence-electron chi connectivity index (χ4n) is 2.28. The van der Waals surface area contributed by atoms with Crippen LogP contribution in [0.25, 0.3) is 11.1 Å². The zero-order chi connectivity index (χ0) is 16.5. The second kappa shape index (κ2) is 9.22. The van der Waals surface area contributed by atoms with Crippen LogP contribution in [0.1, 0.15) is 6.42 Å². The monoisotopic (exact) mass is 330 g/mol. The number of aliphatic hydroxyl groups excluding tert-OH is 1. The van der Waals surface area contributed by atoms with E-state index >= 15 is 0 Å². The Hall–Kier alpha value is -1.98. The summed E-state index contributed by atoms with van der Waals surface area (Å²) in [5, 5.41) is 14.7. The Morgan fingerprint density at radius 1 is 1.09 bits per heavy atom. The Morgan fingerprint density at radius 2 is 1.74 bits per heavy atom. The van der Waals surface area contributed by atoms with E-state index in [0.717, 1.165) is 22.6 Å². The highest BCUT2D eigenvalue weighted by Crippen LogP contribution is 2.20. The second-order valence-electron chi connectivity index (χ2n) is 5.21. The van der Waals surface area contributed by atoms with E-state index in [1.807, 2.05) is 48.7 Å². The number of rotatable bonds is 7. The van der Waals surface area contributed by atoms with Gasteiger partial charge < -0.3 is 15.7 Å². The molecule has 122 valence electrons. The number of nitrogens with one attached hydrogen (secondary N) is 2. The summed E-state index contributed by atoms with van der Waals surface area (Å²) in [4.78, 5) is 12.0. The van der Waals surface area contributed by atoms with Gasteiger partial charge in [0.2, 0.25) is 0 Å². The van der Waals surface area contributed by atoms with E-state index in [0.29, 0.717) is 6.42 Å². The molecule has 1 unspecified atom stereocenters. The van der Waals surface area contributed by atoms with Crippen molar-refractivity contribution in [3.05, 3.63) is 54.6 Å². The molecule has 0 fully saturated rings. The summed E-state index contributed by atoms with van der Waals surface area (Å²) in [6, 6.07) is 17.6. The van der Waals surface area contributed by atoms with E-state index in [1.54, 1.807) is 11.8 Å². The molecule has 0 aromatic heterocycles. The third-order valence-electron chi connectivity index (χ3n) is 3.43. The first-order chi connectivity index (χ1) is 11.2. The van der Waals surface area contributed by atoms with Crippen LogP contribution in [0.2, 0.25) is 0 Å². The quantitative estimate of drug-likeness (QED) is 0.727. The minimum atomic E-state index is -0.245. The molecule has 0 aliphatic heterocycles. The fourth-order valence-corrected chi connectivity index (χ4v) is 2.94. The highest BCUT2D eigenvalue weighted by atomic mass is 32.2. The number of benzene rings is 2. The van der Waals surface area contributed by atoms with Gasteiger partial charge in [-0.05, 0) is 35.9 Å². The third-order valence-corrected chi connectivity index (χ3v) is 4.17. The molecule has 0 spiro atoms. The van der Waals surface area contributed by atoms with Crippen LogP contribution in [-0.2, 0) is 0 Å². The van der Waals surface area contributed by atoms with Crippen molar-refractivity contribution >= 4 is 23.5 Å². The molecule has 0 saturated carbocycles. The van der Waals surface area contributed by atoms with Crippen LogP contribution >= 0.6 is 11.8 Å². The average Bonchev–Trinajstić information content (AvgIpc) is 2.57. The van der Waals surface area contributed by atoms with E-state index in [2.05, 4.69) is 22.8 Å². The summed E-state index contributed by atoms with van der Waals surface area (Å²) in [6.07, 6.45) is 2.54. The second-order valence-corrected chi connectivity index (χ2v) is 6.12. The number of anilines is 1. The van der Waals surface area contributed by atoms with Crippen molar-refractivity contribution in [2.45, 2.75) is 12.5 Å². The maximum absolute atomic E-state index is 12.0. The first kappa shape index (κ1) is 17.4. The summed E-state index contributed by atoms with van der Waals surface area (Å²) in [7, 11) is 0. The number of amides is 2. The number of carbonyl (C=O) groups excluding carboxylic acids is 1. The van der Waals surface area contributed by atoms with Gasteiger partial charge in [-0.15, -0.1) is 0 Å². The lowest BCUT2D eigenvalue weighted by atomic mass is 10.1. The van der Waals surface area contributed by atoms with Crippen LogP contribution in [0, 0.1) is 0 Å². The molecule has 3 N–H and O–H groups in total. The Labute approximate surface area is 141 Å². The predicted octanol–water partition coefficient (Wildman–Crippen LogP) is 3.59. The molecule has 2 amide bonds. The molecule has 0 aliphatic rings. The van der Waals surface area contributed by atoms with Crippen LogP contribution < -0.4 is 10.6 Å². The highest BCUT2D eigenvalue weighted by Gasteiger charge is 2.11. The summed E-state index contributed by atoms with van der Waals surface area (Å²) in [5.41, 5.74) is 3.00. The largest absolute Gasteiger partial charge is 0.396 e. The standard InChI is InChI=1S/C18H22N2O2S/c1-23-13-17(11-12-21)20-18(22)19-16-9-7-15(8-10-16)14-5-3-2-4-6-14/h2-10,17,21H,11-13H2,1H3,(H2,19,20,22). The lowest BCUT2D eigenvalue weighted by Gasteiger charge is -2.17. The zero-order valence-corrected chi connectivity index (χ0v) is 14.0. The van der Waals surface area contributed by atoms with E-state index in [9.17, 15) is 4.79 Å². The van der Waals surface area contributed by atoms with Crippen LogP contribution in [0.5, 0.6) is 0 Å². The number of thioether (sulfide) groups is 1. The molecule has 0 saturated heterocycles. The fraction of sp³-hybridized carbons (Fsp3) is 0.278. The summed E-state index contributed by atoms with van der Waals surface area (Å²) >= 11 is 1.64. The van der Waals surface area contributed by atoms with E-state index in [-0.39, 0.29) is 18.7 Å². The summed E-state index contributed by atoms with van der Waals surface area (Å²) < 4.78 is 0. The van der Waals surface area contributed by atoms with Gasteiger partial charge in [0.25, 0.3) is 0 Å². The zero-order valence-electron chi connectivity index (χ0n) is 13.2. The van der Waals surface area contributed by atoms with Gasteiger partial charge in [0.05, 0.1) is 0 Å². The van der Waals surface area contributed by atoms with E-state index < -0.39 is 0 Å².